The molecule has 0 N–H and O–H groups in total. The molecule has 0 spiro atoms. The van der Waals surface area contributed by atoms with E-state index in [1.807, 2.05) is 0 Å². The molecule has 128 valence electrons. The van der Waals surface area contributed by atoms with Crippen LogP contribution in [-0.2, 0) is 4.74 Å². The summed E-state index contributed by atoms with van der Waals surface area (Å²) in [5, 5.41) is 0. The minimum absolute atomic E-state index is 0.0508. The SMILES string of the molecule is CC1CCC(COC23CCC(C)(CC2)C(F)(F)C3(F)F)CC1. The lowest BCUT2D eigenvalue weighted by Crippen LogP contribution is -2.72. The zero-order valence-electron chi connectivity index (χ0n) is 13.4. The first-order chi connectivity index (χ1) is 10.1. The second-order valence-electron chi connectivity index (χ2n) is 8.14. The Morgan fingerprint density at radius 3 is 1.95 bits per heavy atom. The predicted molar refractivity (Wildman–Crippen MR) is 76.3 cm³/mol. The van der Waals surface area contributed by atoms with Crippen LogP contribution in [0.1, 0.15) is 65.2 Å². The third kappa shape index (κ3) is 2.14. The van der Waals surface area contributed by atoms with E-state index in [4.69, 9.17) is 4.74 Å². The molecule has 5 heteroatoms. The van der Waals surface area contributed by atoms with Crippen LogP contribution >= 0.6 is 0 Å². The average molecular weight is 322 g/mol. The van der Waals surface area contributed by atoms with Crippen molar-refractivity contribution >= 4 is 0 Å². The van der Waals surface area contributed by atoms with E-state index in [0.29, 0.717) is 5.92 Å². The third-order valence-electron chi connectivity index (χ3n) is 6.62. The van der Waals surface area contributed by atoms with Crippen molar-refractivity contribution in [2.45, 2.75) is 82.7 Å². The number of alkyl halides is 4. The quantitative estimate of drug-likeness (QED) is 0.629. The Labute approximate surface area is 129 Å². The van der Waals surface area contributed by atoms with Crippen molar-refractivity contribution in [3.05, 3.63) is 0 Å². The number of halogens is 4. The number of rotatable bonds is 3. The Hall–Kier alpha value is -0.320. The summed E-state index contributed by atoms with van der Waals surface area (Å²) in [6.45, 7) is 3.69. The molecule has 0 amide bonds. The van der Waals surface area contributed by atoms with Gasteiger partial charge < -0.3 is 4.74 Å². The van der Waals surface area contributed by atoms with Crippen molar-refractivity contribution < 1.29 is 22.3 Å². The Morgan fingerprint density at radius 2 is 1.41 bits per heavy atom. The topological polar surface area (TPSA) is 9.23 Å². The first-order valence-corrected chi connectivity index (χ1v) is 8.53. The Kier molecular flexibility index (Phi) is 3.82. The summed E-state index contributed by atoms with van der Waals surface area (Å²) in [5.41, 5.74) is -3.53. The summed E-state index contributed by atoms with van der Waals surface area (Å²) in [7, 11) is 0. The zero-order chi connectivity index (χ0) is 16.2. The van der Waals surface area contributed by atoms with Gasteiger partial charge >= 0.3 is 11.8 Å². The van der Waals surface area contributed by atoms with Crippen LogP contribution in [0.2, 0.25) is 0 Å². The van der Waals surface area contributed by atoms with Gasteiger partial charge in [-0.25, -0.2) is 0 Å². The van der Waals surface area contributed by atoms with E-state index in [9.17, 15) is 17.6 Å². The summed E-state index contributed by atoms with van der Waals surface area (Å²) >= 11 is 0. The Balaban J connectivity index is 1.72. The summed E-state index contributed by atoms with van der Waals surface area (Å²) < 4.78 is 63.2. The van der Waals surface area contributed by atoms with Gasteiger partial charge in [0, 0.05) is 5.41 Å². The van der Waals surface area contributed by atoms with Crippen molar-refractivity contribution in [3.63, 3.8) is 0 Å². The van der Waals surface area contributed by atoms with Crippen LogP contribution < -0.4 is 0 Å². The molecule has 0 saturated heterocycles. The molecule has 4 fully saturated rings. The summed E-state index contributed by atoms with van der Waals surface area (Å²) in [5.74, 6) is -7.12. The highest BCUT2D eigenvalue weighted by molar-refractivity contribution is 5.18. The van der Waals surface area contributed by atoms with Gasteiger partial charge in [0.2, 0.25) is 0 Å². The second-order valence-corrected chi connectivity index (χ2v) is 8.14. The van der Waals surface area contributed by atoms with Gasteiger partial charge in [0.1, 0.15) is 5.60 Å². The largest absolute Gasteiger partial charge is 0.368 e. The zero-order valence-corrected chi connectivity index (χ0v) is 13.4. The normalized spacial score (nSPS) is 46.6. The van der Waals surface area contributed by atoms with Crippen LogP contribution in [-0.4, -0.2) is 24.1 Å². The minimum atomic E-state index is -4.06. The number of hydrogen-bond donors (Lipinski definition) is 0. The highest BCUT2D eigenvalue weighted by Crippen LogP contribution is 2.67. The summed E-state index contributed by atoms with van der Waals surface area (Å²) in [6.07, 6.45) is 4.41. The van der Waals surface area contributed by atoms with Gasteiger partial charge in [0.15, 0.2) is 0 Å². The molecule has 0 radical (unpaired) electrons. The smallest absolute Gasteiger partial charge is 0.338 e. The molecule has 0 aromatic rings. The van der Waals surface area contributed by atoms with Gasteiger partial charge in [0.25, 0.3) is 0 Å². The molecular weight excluding hydrogens is 296 g/mol. The first-order valence-electron chi connectivity index (χ1n) is 8.53. The van der Waals surface area contributed by atoms with Crippen LogP contribution in [0.3, 0.4) is 0 Å². The van der Waals surface area contributed by atoms with Gasteiger partial charge in [-0.15, -0.1) is 0 Å². The highest BCUT2D eigenvalue weighted by atomic mass is 19.3. The third-order valence-corrected chi connectivity index (χ3v) is 6.62. The maximum atomic E-state index is 14.5. The molecule has 4 saturated carbocycles. The molecule has 2 bridgehead atoms. The van der Waals surface area contributed by atoms with Crippen molar-refractivity contribution in [1.29, 1.82) is 0 Å². The van der Waals surface area contributed by atoms with Crippen molar-refractivity contribution in [2.75, 3.05) is 6.61 Å². The van der Waals surface area contributed by atoms with Crippen LogP contribution in [0, 0.1) is 17.3 Å². The standard InChI is InChI=1S/C17H26F4O/c1-12-3-5-13(6-4-12)11-22-15-9-7-14(2,8-10-15)16(18,19)17(15,20)21/h12-13H,3-11H2,1-2H3. The van der Waals surface area contributed by atoms with E-state index in [0.717, 1.165) is 25.7 Å². The number of ether oxygens (including phenoxy) is 1. The van der Waals surface area contributed by atoms with Gasteiger partial charge in [-0.3, -0.25) is 0 Å². The summed E-state index contributed by atoms with van der Waals surface area (Å²) in [4.78, 5) is 0. The fourth-order valence-corrected chi connectivity index (χ4v) is 4.51. The van der Waals surface area contributed by atoms with E-state index in [1.54, 1.807) is 0 Å². The Morgan fingerprint density at radius 1 is 0.864 bits per heavy atom. The molecule has 0 heterocycles. The monoisotopic (exact) mass is 322 g/mol. The minimum Gasteiger partial charge on any atom is -0.368 e. The second kappa shape index (κ2) is 5.09. The Bertz CT molecular complexity index is 418. The van der Waals surface area contributed by atoms with E-state index in [1.165, 1.54) is 6.92 Å². The summed E-state index contributed by atoms with van der Waals surface area (Å²) in [6, 6.07) is 0. The lowest BCUT2D eigenvalue weighted by molar-refractivity contribution is -0.388. The van der Waals surface area contributed by atoms with E-state index < -0.39 is 22.9 Å². The molecular formula is C17H26F4O. The fourth-order valence-electron chi connectivity index (χ4n) is 4.51. The molecule has 4 aliphatic rings. The molecule has 0 unspecified atom stereocenters. The van der Waals surface area contributed by atoms with E-state index in [2.05, 4.69) is 6.92 Å². The highest BCUT2D eigenvalue weighted by Gasteiger charge is 2.81. The van der Waals surface area contributed by atoms with Gasteiger partial charge in [-0.1, -0.05) is 26.7 Å². The van der Waals surface area contributed by atoms with Crippen molar-refractivity contribution in [2.24, 2.45) is 17.3 Å². The molecule has 22 heavy (non-hydrogen) atoms. The van der Waals surface area contributed by atoms with Crippen LogP contribution in [0.25, 0.3) is 0 Å². The lowest BCUT2D eigenvalue weighted by Gasteiger charge is -2.59. The number of hydrogen-bond acceptors (Lipinski definition) is 1. The number of fused-ring (bicyclic) bond motifs is 3. The van der Waals surface area contributed by atoms with Crippen LogP contribution in [0.4, 0.5) is 17.6 Å². The van der Waals surface area contributed by atoms with E-state index >= 15 is 0 Å². The molecule has 4 rings (SSSR count). The van der Waals surface area contributed by atoms with Crippen molar-refractivity contribution in [3.8, 4) is 0 Å². The van der Waals surface area contributed by atoms with Gasteiger partial charge in [-0.05, 0) is 50.4 Å². The average Bonchev–Trinajstić information content (AvgIpc) is 2.47. The fraction of sp³-hybridized carbons (Fsp3) is 1.00. The van der Waals surface area contributed by atoms with Crippen LogP contribution in [0.5, 0.6) is 0 Å². The predicted octanol–water partition coefficient (Wildman–Crippen LogP) is 5.43. The molecule has 4 aliphatic carbocycles. The maximum Gasteiger partial charge on any atom is 0.338 e. The molecule has 1 nitrogen and oxygen atoms in total. The van der Waals surface area contributed by atoms with Gasteiger partial charge in [0.05, 0.1) is 6.61 Å². The molecule has 0 aliphatic heterocycles. The van der Waals surface area contributed by atoms with Gasteiger partial charge in [-0.2, -0.15) is 17.6 Å². The molecule has 0 aromatic carbocycles. The van der Waals surface area contributed by atoms with Crippen LogP contribution in [0.15, 0.2) is 0 Å². The molecule has 0 aromatic heterocycles. The maximum absolute atomic E-state index is 14.5. The van der Waals surface area contributed by atoms with Crippen molar-refractivity contribution in [1.82, 2.24) is 0 Å². The lowest BCUT2D eigenvalue weighted by atomic mass is 9.55. The first kappa shape index (κ1) is 16.5. The van der Waals surface area contributed by atoms with E-state index in [-0.39, 0.29) is 38.2 Å². The molecule has 0 atom stereocenters.